The molecule has 0 spiro atoms. The van der Waals surface area contributed by atoms with E-state index >= 15 is 0 Å². The molecule has 4 heteroatoms. The monoisotopic (exact) mass is 202 g/mol. The highest BCUT2D eigenvalue weighted by Gasteiger charge is 2.15. The minimum absolute atomic E-state index is 0.106. The molecule has 0 amide bonds. The molecule has 1 atom stereocenters. The summed E-state index contributed by atoms with van der Waals surface area (Å²) < 4.78 is 4.87. The second kappa shape index (κ2) is 3.85. The van der Waals surface area contributed by atoms with Crippen LogP contribution < -0.4 is 4.74 Å². The predicted octanol–water partition coefficient (Wildman–Crippen LogP) is 2.11. The van der Waals surface area contributed by atoms with Crippen molar-refractivity contribution in [1.82, 2.24) is 0 Å². The number of methoxy groups -OCH3 is 1. The molecule has 0 saturated carbocycles. The molecule has 0 heterocycles. The first-order valence-electron chi connectivity index (χ1n) is 3.81. The van der Waals surface area contributed by atoms with Crippen molar-refractivity contribution in [2.45, 2.75) is 13.0 Å². The molecule has 2 N–H and O–H groups in total. The quantitative estimate of drug-likeness (QED) is 0.772. The Balaban J connectivity index is 3.30. The van der Waals surface area contributed by atoms with Crippen molar-refractivity contribution in [3.05, 3.63) is 22.7 Å². The van der Waals surface area contributed by atoms with Crippen LogP contribution >= 0.6 is 11.6 Å². The lowest BCUT2D eigenvalue weighted by atomic mass is 10.1. The van der Waals surface area contributed by atoms with E-state index in [1.54, 1.807) is 12.1 Å². The van der Waals surface area contributed by atoms with Gasteiger partial charge in [-0.1, -0.05) is 11.6 Å². The Kier molecular flexibility index (Phi) is 3.01. The van der Waals surface area contributed by atoms with Crippen molar-refractivity contribution in [2.24, 2.45) is 0 Å². The fourth-order valence-corrected chi connectivity index (χ4v) is 1.44. The number of phenols is 1. The lowest BCUT2D eigenvalue weighted by molar-refractivity contribution is 0.194. The molecule has 13 heavy (non-hydrogen) atoms. The topological polar surface area (TPSA) is 49.7 Å². The fourth-order valence-electron chi connectivity index (χ4n) is 1.13. The Morgan fingerprint density at radius 3 is 2.54 bits per heavy atom. The van der Waals surface area contributed by atoms with E-state index in [4.69, 9.17) is 16.3 Å². The molecule has 0 aliphatic carbocycles. The molecular weight excluding hydrogens is 192 g/mol. The smallest absolute Gasteiger partial charge is 0.165 e. The maximum atomic E-state index is 9.57. The Labute approximate surface area is 81.5 Å². The van der Waals surface area contributed by atoms with Crippen molar-refractivity contribution in [1.29, 1.82) is 0 Å². The molecule has 0 aliphatic rings. The van der Waals surface area contributed by atoms with Gasteiger partial charge >= 0.3 is 0 Å². The summed E-state index contributed by atoms with van der Waals surface area (Å²) in [5, 5.41) is 19.2. The number of aliphatic hydroxyl groups is 1. The van der Waals surface area contributed by atoms with Crippen LogP contribution in [0.1, 0.15) is 18.6 Å². The number of aromatic hydroxyl groups is 1. The highest BCUT2D eigenvalue weighted by atomic mass is 35.5. The van der Waals surface area contributed by atoms with Gasteiger partial charge in [0.05, 0.1) is 18.2 Å². The van der Waals surface area contributed by atoms with Gasteiger partial charge in [-0.25, -0.2) is 0 Å². The summed E-state index contributed by atoms with van der Waals surface area (Å²) in [6.07, 6.45) is -0.817. The molecule has 72 valence electrons. The molecule has 0 saturated heterocycles. The van der Waals surface area contributed by atoms with Gasteiger partial charge < -0.3 is 14.9 Å². The van der Waals surface area contributed by atoms with Gasteiger partial charge in [-0.3, -0.25) is 0 Å². The lowest BCUT2D eigenvalue weighted by Crippen LogP contribution is -1.95. The third kappa shape index (κ3) is 1.87. The Bertz CT molecular complexity index is 310. The highest BCUT2D eigenvalue weighted by molar-refractivity contribution is 6.31. The molecule has 0 aliphatic heterocycles. The summed E-state index contributed by atoms with van der Waals surface area (Å²) in [4.78, 5) is 0. The van der Waals surface area contributed by atoms with Crippen LogP contribution in [0.15, 0.2) is 12.1 Å². The van der Waals surface area contributed by atoms with Crippen molar-refractivity contribution in [2.75, 3.05) is 7.11 Å². The number of hydrogen-bond donors (Lipinski definition) is 2. The van der Waals surface area contributed by atoms with E-state index in [-0.39, 0.29) is 5.75 Å². The van der Waals surface area contributed by atoms with E-state index in [1.807, 2.05) is 0 Å². The molecular formula is C9H11ClO3. The molecule has 1 rings (SSSR count). The van der Waals surface area contributed by atoms with Crippen molar-refractivity contribution in [3.63, 3.8) is 0 Å². The average Bonchev–Trinajstić information content (AvgIpc) is 2.04. The molecule has 0 fully saturated rings. The number of aliphatic hydroxyl groups excluding tert-OH is 1. The zero-order valence-corrected chi connectivity index (χ0v) is 8.17. The minimum Gasteiger partial charge on any atom is -0.504 e. The number of benzene rings is 1. The Hall–Kier alpha value is -0.930. The highest BCUT2D eigenvalue weighted by Crippen LogP contribution is 2.38. The van der Waals surface area contributed by atoms with E-state index in [2.05, 4.69) is 0 Å². The standard InChI is InChI=1S/C9H11ClO3/c1-5(11)8-6(10)3-4-7(13-2)9(8)12/h3-5,11-12H,1-2H3. The van der Waals surface area contributed by atoms with Crippen LogP contribution in [0.5, 0.6) is 11.5 Å². The van der Waals surface area contributed by atoms with Crippen molar-refractivity contribution in [3.8, 4) is 11.5 Å². The van der Waals surface area contributed by atoms with E-state index < -0.39 is 6.10 Å². The number of hydrogen-bond acceptors (Lipinski definition) is 3. The maximum absolute atomic E-state index is 9.57. The number of ether oxygens (including phenoxy) is 1. The molecule has 1 unspecified atom stereocenters. The Morgan fingerprint density at radius 1 is 1.46 bits per heavy atom. The number of phenolic OH excluding ortho intramolecular Hbond substituents is 1. The summed E-state index contributed by atoms with van der Waals surface area (Å²) in [5.74, 6) is 0.199. The zero-order valence-electron chi connectivity index (χ0n) is 7.41. The summed E-state index contributed by atoms with van der Waals surface area (Å²) in [6, 6.07) is 3.12. The predicted molar refractivity (Wildman–Crippen MR) is 50.3 cm³/mol. The fraction of sp³-hybridized carbons (Fsp3) is 0.333. The van der Waals surface area contributed by atoms with Crippen LogP contribution in [0.3, 0.4) is 0 Å². The first-order chi connectivity index (χ1) is 6.07. The zero-order chi connectivity index (χ0) is 10.0. The van der Waals surface area contributed by atoms with Crippen LogP contribution in [0, 0.1) is 0 Å². The van der Waals surface area contributed by atoms with Crippen molar-refractivity contribution >= 4 is 11.6 Å². The van der Waals surface area contributed by atoms with Gasteiger partial charge in [0.2, 0.25) is 0 Å². The molecule has 1 aromatic rings. The van der Waals surface area contributed by atoms with Crippen LogP contribution in [-0.2, 0) is 0 Å². The van der Waals surface area contributed by atoms with Gasteiger partial charge in [0, 0.05) is 5.56 Å². The maximum Gasteiger partial charge on any atom is 0.165 e. The van der Waals surface area contributed by atoms with E-state index in [0.29, 0.717) is 16.3 Å². The van der Waals surface area contributed by atoms with E-state index in [0.717, 1.165) is 0 Å². The largest absolute Gasteiger partial charge is 0.504 e. The third-order valence-corrected chi connectivity index (χ3v) is 2.09. The molecule has 0 aromatic heterocycles. The molecule has 3 nitrogen and oxygen atoms in total. The Morgan fingerprint density at radius 2 is 2.08 bits per heavy atom. The summed E-state index contributed by atoms with van der Waals surface area (Å²) >= 11 is 5.78. The minimum atomic E-state index is -0.817. The number of halogens is 1. The van der Waals surface area contributed by atoms with Gasteiger partial charge in [0.25, 0.3) is 0 Å². The van der Waals surface area contributed by atoms with Crippen molar-refractivity contribution < 1.29 is 14.9 Å². The third-order valence-electron chi connectivity index (χ3n) is 1.76. The summed E-state index contributed by atoms with van der Waals surface area (Å²) in [5.41, 5.74) is 0.293. The van der Waals surface area contributed by atoms with Crippen LogP contribution in [-0.4, -0.2) is 17.3 Å². The van der Waals surface area contributed by atoms with Crippen LogP contribution in [0.25, 0.3) is 0 Å². The van der Waals surface area contributed by atoms with Crippen LogP contribution in [0.2, 0.25) is 5.02 Å². The summed E-state index contributed by atoms with van der Waals surface area (Å²) in [7, 11) is 1.44. The average molecular weight is 203 g/mol. The first-order valence-corrected chi connectivity index (χ1v) is 4.19. The number of rotatable bonds is 2. The van der Waals surface area contributed by atoms with E-state index in [1.165, 1.54) is 14.0 Å². The first kappa shape index (κ1) is 10.2. The molecule has 0 radical (unpaired) electrons. The second-order valence-electron chi connectivity index (χ2n) is 2.69. The van der Waals surface area contributed by atoms with Gasteiger partial charge in [0.1, 0.15) is 0 Å². The second-order valence-corrected chi connectivity index (χ2v) is 3.10. The lowest BCUT2D eigenvalue weighted by Gasteiger charge is -2.12. The SMILES string of the molecule is COc1ccc(Cl)c(C(C)O)c1O. The van der Waals surface area contributed by atoms with E-state index in [9.17, 15) is 10.2 Å². The summed E-state index contributed by atoms with van der Waals surface area (Å²) in [6.45, 7) is 1.53. The molecule has 0 bridgehead atoms. The van der Waals surface area contributed by atoms with Gasteiger partial charge in [-0.2, -0.15) is 0 Å². The van der Waals surface area contributed by atoms with Crippen LogP contribution in [0.4, 0.5) is 0 Å². The van der Waals surface area contributed by atoms with Gasteiger partial charge in [-0.05, 0) is 19.1 Å². The molecule has 1 aromatic carbocycles. The van der Waals surface area contributed by atoms with Gasteiger partial charge in [0.15, 0.2) is 11.5 Å². The normalized spacial score (nSPS) is 12.6. The van der Waals surface area contributed by atoms with Gasteiger partial charge in [-0.15, -0.1) is 0 Å².